The lowest BCUT2D eigenvalue weighted by Crippen LogP contribution is -2.77. The Balaban J connectivity index is 1.84. The second kappa shape index (κ2) is 5.36. The largest absolute Gasteiger partial charge is 0.493 e. The summed E-state index contributed by atoms with van der Waals surface area (Å²) in [6.45, 7) is 3.82. The number of piperidine rings is 1. The topological polar surface area (TPSA) is 69.3 Å². The lowest BCUT2D eigenvalue weighted by molar-refractivity contribution is -0.193. The van der Waals surface area contributed by atoms with Crippen molar-refractivity contribution < 1.29 is 14.2 Å². The molecule has 2 heterocycles. The second-order valence-electron chi connectivity index (χ2n) is 7.99. The molecule has 6 heteroatoms. The van der Waals surface area contributed by atoms with Gasteiger partial charge in [-0.05, 0) is 57.8 Å². The zero-order valence-electron chi connectivity index (χ0n) is 15.7. The van der Waals surface area contributed by atoms with E-state index in [-0.39, 0.29) is 17.1 Å². The molecule has 0 radical (unpaired) electrons. The SMILES string of the molecule is CCO[C@@]12CC/C(=N\N)[C@@H]3Oc4c(OC)ccc5c4[C@@]31CCN(C)[C@@H]2C5. The van der Waals surface area contributed by atoms with Gasteiger partial charge in [0.2, 0.25) is 0 Å². The number of nitrogens with two attached hydrogens (primary N) is 1. The first-order valence-corrected chi connectivity index (χ1v) is 9.60. The highest BCUT2D eigenvalue weighted by atomic mass is 16.5. The van der Waals surface area contributed by atoms with E-state index in [2.05, 4.69) is 30.0 Å². The zero-order chi connectivity index (χ0) is 18.1. The quantitative estimate of drug-likeness (QED) is 0.660. The van der Waals surface area contributed by atoms with Gasteiger partial charge >= 0.3 is 0 Å². The van der Waals surface area contributed by atoms with Crippen LogP contribution in [0.5, 0.6) is 11.5 Å². The molecule has 1 saturated heterocycles. The zero-order valence-corrected chi connectivity index (χ0v) is 15.7. The molecule has 1 aromatic carbocycles. The maximum Gasteiger partial charge on any atom is 0.166 e. The van der Waals surface area contributed by atoms with Gasteiger partial charge < -0.3 is 25.0 Å². The van der Waals surface area contributed by atoms with Crippen LogP contribution in [0.4, 0.5) is 0 Å². The standard InChI is InChI=1S/C20H27N3O3/c1-4-25-20-8-7-13(22-21)18-19(20)9-10-23(2)15(20)11-12-5-6-14(24-3)17(26-18)16(12)19/h5-6,15,18H,4,7-11,21H2,1-3H3/b22-13+/t15-,18+,19+,20-/m1/s1. The first-order valence-electron chi connectivity index (χ1n) is 9.60. The molecule has 2 aliphatic heterocycles. The smallest absolute Gasteiger partial charge is 0.166 e. The Morgan fingerprint density at radius 1 is 1.38 bits per heavy atom. The predicted molar refractivity (Wildman–Crippen MR) is 99.0 cm³/mol. The number of ether oxygens (including phenoxy) is 3. The fraction of sp³-hybridized carbons (Fsp3) is 0.650. The third kappa shape index (κ3) is 1.63. The number of likely N-dealkylation sites (tertiary alicyclic amines) is 1. The molecule has 6 nitrogen and oxygen atoms in total. The van der Waals surface area contributed by atoms with Crippen molar-refractivity contribution in [2.75, 3.05) is 27.3 Å². The normalized spacial score (nSPS) is 38.8. The van der Waals surface area contributed by atoms with Crippen molar-refractivity contribution in [2.24, 2.45) is 10.9 Å². The summed E-state index contributed by atoms with van der Waals surface area (Å²) in [5, 5.41) is 4.15. The van der Waals surface area contributed by atoms with Gasteiger partial charge in [0, 0.05) is 18.2 Å². The summed E-state index contributed by atoms with van der Waals surface area (Å²) in [7, 11) is 3.93. The van der Waals surface area contributed by atoms with Crippen molar-refractivity contribution in [3.05, 3.63) is 23.3 Å². The highest BCUT2D eigenvalue weighted by molar-refractivity contribution is 5.94. The molecule has 2 N–H and O–H groups in total. The van der Waals surface area contributed by atoms with Crippen LogP contribution in [-0.2, 0) is 16.6 Å². The van der Waals surface area contributed by atoms with Crippen molar-refractivity contribution in [3.63, 3.8) is 0 Å². The van der Waals surface area contributed by atoms with Gasteiger partial charge in [0.1, 0.15) is 0 Å². The van der Waals surface area contributed by atoms with Crippen LogP contribution in [0.15, 0.2) is 17.2 Å². The van der Waals surface area contributed by atoms with Crippen LogP contribution in [0, 0.1) is 0 Å². The molecule has 4 atom stereocenters. The summed E-state index contributed by atoms with van der Waals surface area (Å²) < 4.78 is 18.9. The number of hydrazone groups is 1. The average molecular weight is 357 g/mol. The van der Waals surface area contributed by atoms with Crippen molar-refractivity contribution in [1.82, 2.24) is 4.90 Å². The monoisotopic (exact) mass is 357 g/mol. The van der Waals surface area contributed by atoms with Crippen LogP contribution < -0.4 is 15.3 Å². The van der Waals surface area contributed by atoms with Gasteiger partial charge in [-0.25, -0.2) is 0 Å². The van der Waals surface area contributed by atoms with Crippen LogP contribution in [0.1, 0.15) is 37.3 Å². The molecule has 1 spiro atoms. The van der Waals surface area contributed by atoms with Crippen LogP contribution in [0.3, 0.4) is 0 Å². The van der Waals surface area contributed by atoms with E-state index in [9.17, 15) is 0 Å². The minimum absolute atomic E-state index is 0.158. The van der Waals surface area contributed by atoms with Crippen molar-refractivity contribution >= 4 is 5.71 Å². The van der Waals surface area contributed by atoms with E-state index in [4.69, 9.17) is 20.1 Å². The number of methoxy groups -OCH3 is 1. The molecule has 2 fully saturated rings. The van der Waals surface area contributed by atoms with Crippen molar-refractivity contribution in [3.8, 4) is 11.5 Å². The Morgan fingerprint density at radius 3 is 2.96 bits per heavy atom. The summed E-state index contributed by atoms with van der Waals surface area (Å²) in [4.78, 5) is 2.48. The van der Waals surface area contributed by atoms with E-state index < -0.39 is 0 Å². The highest BCUT2D eigenvalue weighted by Gasteiger charge is 2.73. The van der Waals surface area contributed by atoms with Crippen molar-refractivity contribution in [2.45, 2.75) is 55.8 Å². The molecule has 5 rings (SSSR count). The molecule has 26 heavy (non-hydrogen) atoms. The predicted octanol–water partition coefficient (Wildman–Crippen LogP) is 1.84. The third-order valence-corrected chi connectivity index (χ3v) is 7.28. The van der Waals surface area contributed by atoms with E-state index in [1.807, 2.05) is 6.07 Å². The molecule has 0 unspecified atom stereocenters. The van der Waals surface area contributed by atoms with E-state index in [0.717, 1.165) is 49.4 Å². The first kappa shape index (κ1) is 16.4. The third-order valence-electron chi connectivity index (χ3n) is 7.28. The van der Waals surface area contributed by atoms with Crippen molar-refractivity contribution in [1.29, 1.82) is 0 Å². The van der Waals surface area contributed by atoms with Crippen LogP contribution in [0.25, 0.3) is 0 Å². The minimum atomic E-state index is -0.266. The Bertz CT molecular complexity index is 795. The maximum atomic E-state index is 6.67. The van der Waals surface area contributed by atoms with Gasteiger partial charge in [-0.1, -0.05) is 6.07 Å². The number of rotatable bonds is 3. The summed E-state index contributed by atoms with van der Waals surface area (Å²) in [6, 6.07) is 4.58. The summed E-state index contributed by atoms with van der Waals surface area (Å²) in [6.07, 6.45) is 3.56. The van der Waals surface area contributed by atoms with E-state index >= 15 is 0 Å². The summed E-state index contributed by atoms with van der Waals surface area (Å²) in [5.74, 6) is 7.48. The molecule has 1 aromatic rings. The average Bonchev–Trinajstić information content (AvgIpc) is 3.00. The Morgan fingerprint density at radius 2 is 2.23 bits per heavy atom. The molecule has 1 saturated carbocycles. The fourth-order valence-electron chi connectivity index (χ4n) is 6.36. The first-order chi connectivity index (χ1) is 12.6. The highest BCUT2D eigenvalue weighted by Crippen LogP contribution is 2.66. The van der Waals surface area contributed by atoms with Crippen LogP contribution in [0.2, 0.25) is 0 Å². The lowest BCUT2D eigenvalue weighted by atomic mass is 9.48. The molecular weight excluding hydrogens is 330 g/mol. The van der Waals surface area contributed by atoms with E-state index in [1.54, 1.807) is 7.11 Å². The van der Waals surface area contributed by atoms with Gasteiger partial charge in [0.25, 0.3) is 0 Å². The van der Waals surface area contributed by atoms with Gasteiger partial charge in [-0.2, -0.15) is 5.10 Å². The van der Waals surface area contributed by atoms with E-state index in [0.29, 0.717) is 12.6 Å². The lowest BCUT2D eigenvalue weighted by Gasteiger charge is -2.64. The van der Waals surface area contributed by atoms with Crippen LogP contribution >= 0.6 is 0 Å². The molecule has 2 bridgehead atoms. The number of hydrogen-bond acceptors (Lipinski definition) is 6. The van der Waals surface area contributed by atoms with Gasteiger partial charge in [-0.15, -0.1) is 0 Å². The second-order valence-corrected chi connectivity index (χ2v) is 7.99. The Kier molecular flexibility index (Phi) is 3.38. The number of hydrogen-bond donors (Lipinski definition) is 1. The molecule has 2 aliphatic carbocycles. The molecule has 4 aliphatic rings. The molecule has 0 aromatic heterocycles. The van der Waals surface area contributed by atoms with Gasteiger partial charge in [0.15, 0.2) is 17.6 Å². The summed E-state index contributed by atoms with van der Waals surface area (Å²) in [5.41, 5.74) is 3.11. The van der Waals surface area contributed by atoms with Gasteiger partial charge in [0.05, 0.1) is 23.8 Å². The molecule has 140 valence electrons. The summed E-state index contributed by atoms with van der Waals surface area (Å²) >= 11 is 0. The fourth-order valence-corrected chi connectivity index (χ4v) is 6.36. The van der Waals surface area contributed by atoms with E-state index in [1.165, 1.54) is 11.1 Å². The van der Waals surface area contributed by atoms with Crippen LogP contribution in [-0.4, -0.2) is 55.7 Å². The molecule has 0 amide bonds. The minimum Gasteiger partial charge on any atom is -0.493 e. The number of benzene rings is 1. The Hall–Kier alpha value is -1.79. The number of likely N-dealkylation sites (N-methyl/N-ethyl adjacent to an activating group) is 1. The number of nitrogens with zero attached hydrogens (tertiary/aromatic N) is 2. The van der Waals surface area contributed by atoms with Gasteiger partial charge in [-0.3, -0.25) is 0 Å². The maximum absolute atomic E-state index is 6.67. The molecular formula is C20H27N3O3. The Labute approximate surface area is 154 Å².